The lowest BCUT2D eigenvalue weighted by atomic mass is 10.1. The van der Waals surface area contributed by atoms with Gasteiger partial charge in [0.1, 0.15) is 0 Å². The summed E-state index contributed by atoms with van der Waals surface area (Å²) in [5, 5.41) is 8.49. The van der Waals surface area contributed by atoms with Crippen LogP contribution in [0, 0.1) is 0 Å². The number of hydrogen-bond acceptors (Lipinski definition) is 4. The fourth-order valence-electron chi connectivity index (χ4n) is 1.41. The number of carbonyl (C=O) groups excluding carboxylic acids is 1. The second-order valence-corrected chi connectivity index (χ2v) is 3.77. The largest absolute Gasteiger partial charge is 0.493 e. The van der Waals surface area contributed by atoms with Crippen molar-refractivity contribution < 1.29 is 24.2 Å². The molecule has 0 unspecified atom stereocenters. The third-order valence-corrected chi connectivity index (χ3v) is 2.36. The first-order valence-electron chi connectivity index (χ1n) is 5.58. The lowest BCUT2D eigenvalue weighted by Crippen LogP contribution is -2.03. The van der Waals surface area contributed by atoms with E-state index >= 15 is 0 Å². The zero-order chi connectivity index (χ0) is 13.5. The molecule has 0 aliphatic heterocycles. The van der Waals surface area contributed by atoms with Crippen molar-refractivity contribution in [2.75, 3.05) is 13.7 Å². The maximum Gasteiger partial charge on any atom is 0.303 e. The van der Waals surface area contributed by atoms with Crippen molar-refractivity contribution in [3.63, 3.8) is 0 Å². The summed E-state index contributed by atoms with van der Waals surface area (Å²) < 4.78 is 10.5. The first-order chi connectivity index (χ1) is 8.54. The van der Waals surface area contributed by atoms with Crippen LogP contribution in [0.3, 0.4) is 0 Å². The summed E-state index contributed by atoms with van der Waals surface area (Å²) in [6.07, 6.45) is 0.487. The Morgan fingerprint density at radius 3 is 2.56 bits per heavy atom. The SMILES string of the molecule is COc1cc(C(C)=O)ccc1OCCCC(=O)O. The van der Waals surface area contributed by atoms with Gasteiger partial charge in [-0.05, 0) is 31.5 Å². The molecular formula is C13H16O5. The molecule has 18 heavy (non-hydrogen) atoms. The molecule has 1 N–H and O–H groups in total. The van der Waals surface area contributed by atoms with Gasteiger partial charge in [0.25, 0.3) is 0 Å². The number of ether oxygens (including phenoxy) is 2. The maximum atomic E-state index is 11.2. The van der Waals surface area contributed by atoms with E-state index in [0.717, 1.165) is 0 Å². The fraction of sp³-hybridized carbons (Fsp3) is 0.385. The predicted octanol–water partition coefficient (Wildman–Crippen LogP) is 2.14. The smallest absolute Gasteiger partial charge is 0.303 e. The molecule has 0 aliphatic carbocycles. The molecule has 0 spiro atoms. The Labute approximate surface area is 105 Å². The van der Waals surface area contributed by atoms with Crippen LogP contribution in [0.2, 0.25) is 0 Å². The highest BCUT2D eigenvalue weighted by Gasteiger charge is 2.08. The predicted molar refractivity (Wildman–Crippen MR) is 65.4 cm³/mol. The van der Waals surface area contributed by atoms with Crippen LogP contribution in [0.1, 0.15) is 30.1 Å². The van der Waals surface area contributed by atoms with E-state index in [2.05, 4.69) is 0 Å². The number of ketones is 1. The molecule has 0 radical (unpaired) electrons. The lowest BCUT2D eigenvalue weighted by molar-refractivity contribution is -0.137. The van der Waals surface area contributed by atoms with Crippen LogP contribution < -0.4 is 9.47 Å². The number of hydrogen-bond donors (Lipinski definition) is 1. The number of carbonyl (C=O) groups is 2. The molecule has 1 aromatic carbocycles. The number of aliphatic carboxylic acids is 1. The average Bonchev–Trinajstić information content (AvgIpc) is 2.34. The van der Waals surface area contributed by atoms with Crippen LogP contribution in [0.5, 0.6) is 11.5 Å². The quantitative estimate of drug-likeness (QED) is 0.594. The van der Waals surface area contributed by atoms with E-state index < -0.39 is 5.97 Å². The molecular weight excluding hydrogens is 236 g/mol. The standard InChI is InChI=1S/C13H16O5/c1-9(14)10-5-6-11(12(8-10)17-2)18-7-3-4-13(15)16/h5-6,8H,3-4,7H2,1-2H3,(H,15,16). The van der Waals surface area contributed by atoms with Crippen molar-refractivity contribution in [1.29, 1.82) is 0 Å². The van der Waals surface area contributed by atoms with Crippen molar-refractivity contribution in [3.05, 3.63) is 23.8 Å². The Morgan fingerprint density at radius 1 is 1.28 bits per heavy atom. The van der Waals surface area contributed by atoms with Gasteiger partial charge in [0.15, 0.2) is 17.3 Å². The monoisotopic (exact) mass is 252 g/mol. The number of carboxylic acids is 1. The van der Waals surface area contributed by atoms with Crippen LogP contribution in [0.15, 0.2) is 18.2 Å². The molecule has 0 aromatic heterocycles. The minimum Gasteiger partial charge on any atom is -0.493 e. The summed E-state index contributed by atoms with van der Waals surface area (Å²) in [5.41, 5.74) is 0.546. The molecule has 0 bridgehead atoms. The summed E-state index contributed by atoms with van der Waals surface area (Å²) in [5.74, 6) is 0.0779. The van der Waals surface area contributed by atoms with E-state index in [1.54, 1.807) is 18.2 Å². The zero-order valence-electron chi connectivity index (χ0n) is 10.4. The first kappa shape index (κ1) is 14.0. The summed E-state index contributed by atoms with van der Waals surface area (Å²) in [7, 11) is 1.49. The number of benzene rings is 1. The Hall–Kier alpha value is -2.04. The van der Waals surface area contributed by atoms with E-state index in [-0.39, 0.29) is 12.2 Å². The van der Waals surface area contributed by atoms with E-state index in [4.69, 9.17) is 14.6 Å². The van der Waals surface area contributed by atoms with Crippen molar-refractivity contribution in [3.8, 4) is 11.5 Å². The van der Waals surface area contributed by atoms with E-state index in [1.807, 2.05) is 0 Å². The Morgan fingerprint density at radius 2 is 2.00 bits per heavy atom. The summed E-state index contributed by atoms with van der Waals surface area (Å²) in [6.45, 7) is 1.77. The van der Waals surface area contributed by atoms with E-state index in [0.29, 0.717) is 30.1 Å². The molecule has 0 aliphatic rings. The van der Waals surface area contributed by atoms with Gasteiger partial charge < -0.3 is 14.6 Å². The molecule has 0 heterocycles. The zero-order valence-corrected chi connectivity index (χ0v) is 10.4. The molecule has 98 valence electrons. The second-order valence-electron chi connectivity index (χ2n) is 3.77. The highest BCUT2D eigenvalue weighted by molar-refractivity contribution is 5.94. The van der Waals surface area contributed by atoms with Gasteiger partial charge in [-0.2, -0.15) is 0 Å². The van der Waals surface area contributed by atoms with Gasteiger partial charge in [-0.3, -0.25) is 9.59 Å². The average molecular weight is 252 g/mol. The summed E-state index contributed by atoms with van der Waals surface area (Å²) >= 11 is 0. The van der Waals surface area contributed by atoms with Gasteiger partial charge in [0.05, 0.1) is 13.7 Å². The van der Waals surface area contributed by atoms with Gasteiger partial charge in [-0.15, -0.1) is 0 Å². The van der Waals surface area contributed by atoms with Crippen LogP contribution >= 0.6 is 0 Å². The number of methoxy groups -OCH3 is 1. The van der Waals surface area contributed by atoms with E-state index in [1.165, 1.54) is 14.0 Å². The fourth-order valence-corrected chi connectivity index (χ4v) is 1.41. The Balaban J connectivity index is 2.65. The third kappa shape index (κ3) is 4.08. The summed E-state index contributed by atoms with van der Waals surface area (Å²) in [4.78, 5) is 21.5. The minimum absolute atomic E-state index is 0.0503. The molecule has 0 fully saturated rings. The molecule has 0 amide bonds. The van der Waals surface area contributed by atoms with Crippen LogP contribution in [0.25, 0.3) is 0 Å². The van der Waals surface area contributed by atoms with E-state index in [9.17, 15) is 9.59 Å². The molecule has 1 aromatic rings. The second kappa shape index (κ2) is 6.64. The number of carboxylic acid groups (broad SMARTS) is 1. The van der Waals surface area contributed by atoms with Crippen LogP contribution in [-0.4, -0.2) is 30.6 Å². The van der Waals surface area contributed by atoms with Crippen molar-refractivity contribution >= 4 is 11.8 Å². The van der Waals surface area contributed by atoms with Gasteiger partial charge in [0.2, 0.25) is 0 Å². The number of Topliss-reactive ketones (excluding diaryl/α,β-unsaturated/α-hetero) is 1. The van der Waals surface area contributed by atoms with Crippen molar-refractivity contribution in [1.82, 2.24) is 0 Å². The topological polar surface area (TPSA) is 72.8 Å². The van der Waals surface area contributed by atoms with Gasteiger partial charge in [-0.1, -0.05) is 0 Å². The molecule has 0 saturated carbocycles. The third-order valence-electron chi connectivity index (χ3n) is 2.36. The lowest BCUT2D eigenvalue weighted by Gasteiger charge is -2.11. The highest BCUT2D eigenvalue weighted by Crippen LogP contribution is 2.28. The van der Waals surface area contributed by atoms with Crippen molar-refractivity contribution in [2.45, 2.75) is 19.8 Å². The molecule has 1 rings (SSSR count). The molecule has 5 heteroatoms. The van der Waals surface area contributed by atoms with Crippen LogP contribution in [-0.2, 0) is 4.79 Å². The van der Waals surface area contributed by atoms with Crippen molar-refractivity contribution in [2.24, 2.45) is 0 Å². The normalized spacial score (nSPS) is 9.89. The first-order valence-corrected chi connectivity index (χ1v) is 5.58. The van der Waals surface area contributed by atoms with Gasteiger partial charge >= 0.3 is 5.97 Å². The van der Waals surface area contributed by atoms with Gasteiger partial charge in [0, 0.05) is 12.0 Å². The molecule has 5 nitrogen and oxygen atoms in total. The Bertz CT molecular complexity index is 439. The Kier molecular flexibility index (Phi) is 5.17. The number of rotatable bonds is 7. The minimum atomic E-state index is -0.850. The maximum absolute atomic E-state index is 11.2. The van der Waals surface area contributed by atoms with Gasteiger partial charge in [-0.25, -0.2) is 0 Å². The molecule has 0 saturated heterocycles. The summed E-state index contributed by atoms with van der Waals surface area (Å²) in [6, 6.07) is 4.91. The molecule has 0 atom stereocenters. The van der Waals surface area contributed by atoms with Crippen LogP contribution in [0.4, 0.5) is 0 Å². The highest BCUT2D eigenvalue weighted by atomic mass is 16.5.